The highest BCUT2D eigenvalue weighted by Crippen LogP contribution is 2.32. The van der Waals surface area contributed by atoms with Crippen molar-refractivity contribution in [3.8, 4) is 0 Å². The summed E-state index contributed by atoms with van der Waals surface area (Å²) in [7, 11) is 0. The zero-order chi connectivity index (χ0) is 10.3. The molecule has 74 valence electrons. The van der Waals surface area contributed by atoms with E-state index in [1.807, 2.05) is 18.2 Å². The third-order valence-electron chi connectivity index (χ3n) is 2.32. The largest absolute Gasteiger partial charge is 0.386 e. The van der Waals surface area contributed by atoms with Gasteiger partial charge < -0.3 is 10.1 Å². The first-order chi connectivity index (χ1) is 6.50. The van der Waals surface area contributed by atoms with Gasteiger partial charge in [-0.3, -0.25) is 0 Å². The third kappa shape index (κ3) is 1.41. The van der Waals surface area contributed by atoms with E-state index in [-0.39, 0.29) is 0 Å². The maximum Gasteiger partial charge on any atom is 0.0847 e. The SMILES string of the molecule is CC(C)(O)c1cccc2[nH]cc(Cl)c12. The molecule has 0 amide bonds. The van der Waals surface area contributed by atoms with Gasteiger partial charge in [0.25, 0.3) is 0 Å². The molecule has 1 aromatic heterocycles. The van der Waals surface area contributed by atoms with Crippen molar-refractivity contribution in [2.75, 3.05) is 0 Å². The predicted molar refractivity (Wildman–Crippen MR) is 58.6 cm³/mol. The summed E-state index contributed by atoms with van der Waals surface area (Å²) >= 11 is 6.04. The number of hydrogen-bond donors (Lipinski definition) is 2. The molecule has 0 fully saturated rings. The maximum atomic E-state index is 9.96. The van der Waals surface area contributed by atoms with E-state index in [4.69, 9.17) is 11.6 Å². The highest BCUT2D eigenvalue weighted by molar-refractivity contribution is 6.35. The summed E-state index contributed by atoms with van der Waals surface area (Å²) in [6.45, 7) is 3.51. The van der Waals surface area contributed by atoms with Crippen LogP contribution in [-0.4, -0.2) is 10.1 Å². The topological polar surface area (TPSA) is 36.0 Å². The molecule has 0 radical (unpaired) electrons. The summed E-state index contributed by atoms with van der Waals surface area (Å²) in [5, 5.41) is 11.5. The monoisotopic (exact) mass is 209 g/mol. The van der Waals surface area contributed by atoms with Crippen LogP contribution in [0, 0.1) is 0 Å². The molecule has 1 heterocycles. The molecule has 0 saturated carbocycles. The molecule has 14 heavy (non-hydrogen) atoms. The minimum atomic E-state index is -0.870. The van der Waals surface area contributed by atoms with Gasteiger partial charge in [0.15, 0.2) is 0 Å². The second-order valence-electron chi connectivity index (χ2n) is 3.92. The molecule has 0 atom stereocenters. The number of hydrogen-bond acceptors (Lipinski definition) is 1. The molecule has 0 aliphatic carbocycles. The van der Waals surface area contributed by atoms with Crippen LogP contribution >= 0.6 is 11.6 Å². The molecule has 2 aromatic rings. The molecule has 0 spiro atoms. The summed E-state index contributed by atoms with van der Waals surface area (Å²) in [4.78, 5) is 3.06. The molecule has 2 nitrogen and oxygen atoms in total. The molecule has 0 aliphatic heterocycles. The smallest absolute Gasteiger partial charge is 0.0847 e. The van der Waals surface area contributed by atoms with Crippen molar-refractivity contribution in [3.63, 3.8) is 0 Å². The molecule has 0 unspecified atom stereocenters. The average Bonchev–Trinajstić information content (AvgIpc) is 2.46. The average molecular weight is 210 g/mol. The first-order valence-corrected chi connectivity index (χ1v) is 4.86. The van der Waals surface area contributed by atoms with Gasteiger partial charge in [0, 0.05) is 17.1 Å². The fourth-order valence-electron chi connectivity index (χ4n) is 1.65. The first kappa shape index (κ1) is 9.56. The molecule has 1 aromatic carbocycles. The lowest BCUT2D eigenvalue weighted by Gasteiger charge is -2.18. The number of fused-ring (bicyclic) bond motifs is 1. The Morgan fingerprint density at radius 2 is 2.07 bits per heavy atom. The Morgan fingerprint density at radius 1 is 1.36 bits per heavy atom. The van der Waals surface area contributed by atoms with E-state index in [9.17, 15) is 5.11 Å². The van der Waals surface area contributed by atoms with Crippen LogP contribution in [0.1, 0.15) is 19.4 Å². The van der Waals surface area contributed by atoms with Crippen molar-refractivity contribution < 1.29 is 5.11 Å². The first-order valence-electron chi connectivity index (χ1n) is 4.48. The fourth-order valence-corrected chi connectivity index (χ4v) is 1.91. The Kier molecular flexibility index (Phi) is 2.05. The zero-order valence-corrected chi connectivity index (χ0v) is 8.89. The molecular weight excluding hydrogens is 198 g/mol. The van der Waals surface area contributed by atoms with Crippen molar-refractivity contribution >= 4 is 22.5 Å². The van der Waals surface area contributed by atoms with Crippen LogP contribution in [0.2, 0.25) is 5.02 Å². The predicted octanol–water partition coefficient (Wildman–Crippen LogP) is 3.05. The number of H-pyrrole nitrogens is 1. The Bertz CT molecular complexity index is 468. The quantitative estimate of drug-likeness (QED) is 0.744. The Morgan fingerprint density at radius 3 is 2.71 bits per heavy atom. The summed E-state index contributed by atoms with van der Waals surface area (Å²) < 4.78 is 0. The van der Waals surface area contributed by atoms with Gasteiger partial charge in [-0.15, -0.1) is 0 Å². The van der Waals surface area contributed by atoms with Gasteiger partial charge in [-0.05, 0) is 25.5 Å². The zero-order valence-electron chi connectivity index (χ0n) is 8.13. The Labute approximate surface area is 87.5 Å². The van der Waals surface area contributed by atoms with Crippen LogP contribution in [0.25, 0.3) is 10.9 Å². The lowest BCUT2D eigenvalue weighted by molar-refractivity contribution is 0.0802. The standard InChI is InChI=1S/C11H12ClNO/c1-11(2,14)7-4-3-5-9-10(7)8(12)6-13-9/h3-6,13-14H,1-2H3. The number of aromatic nitrogens is 1. The summed E-state index contributed by atoms with van der Waals surface area (Å²) in [6, 6.07) is 5.74. The van der Waals surface area contributed by atoms with Gasteiger partial charge in [-0.2, -0.15) is 0 Å². The van der Waals surface area contributed by atoms with Crippen molar-refractivity contribution in [2.24, 2.45) is 0 Å². The van der Waals surface area contributed by atoms with Crippen molar-refractivity contribution in [1.82, 2.24) is 4.98 Å². The minimum Gasteiger partial charge on any atom is -0.386 e. The van der Waals surface area contributed by atoms with Crippen LogP contribution in [0.3, 0.4) is 0 Å². The molecule has 0 aliphatic rings. The number of benzene rings is 1. The highest BCUT2D eigenvalue weighted by atomic mass is 35.5. The molecule has 2 N–H and O–H groups in total. The van der Waals surface area contributed by atoms with Crippen LogP contribution in [0.5, 0.6) is 0 Å². The van der Waals surface area contributed by atoms with Gasteiger partial charge in [0.1, 0.15) is 0 Å². The van der Waals surface area contributed by atoms with E-state index in [1.54, 1.807) is 20.0 Å². The van der Waals surface area contributed by atoms with E-state index >= 15 is 0 Å². The molecule has 2 rings (SSSR count). The number of aliphatic hydroxyl groups is 1. The second kappa shape index (κ2) is 3.01. The third-order valence-corrected chi connectivity index (χ3v) is 2.61. The molecular formula is C11H12ClNO. The van der Waals surface area contributed by atoms with E-state index in [0.717, 1.165) is 16.5 Å². The van der Waals surface area contributed by atoms with Crippen LogP contribution in [0.4, 0.5) is 0 Å². The molecule has 0 saturated heterocycles. The van der Waals surface area contributed by atoms with Gasteiger partial charge in [0.05, 0.1) is 10.6 Å². The van der Waals surface area contributed by atoms with Gasteiger partial charge in [-0.1, -0.05) is 23.7 Å². The van der Waals surface area contributed by atoms with Crippen molar-refractivity contribution in [1.29, 1.82) is 0 Å². The fraction of sp³-hybridized carbons (Fsp3) is 0.273. The summed E-state index contributed by atoms with van der Waals surface area (Å²) in [5.74, 6) is 0. The van der Waals surface area contributed by atoms with Crippen LogP contribution < -0.4 is 0 Å². The molecule has 0 bridgehead atoms. The second-order valence-corrected chi connectivity index (χ2v) is 4.33. The van der Waals surface area contributed by atoms with Crippen LogP contribution in [0.15, 0.2) is 24.4 Å². The maximum absolute atomic E-state index is 9.96. The lowest BCUT2D eigenvalue weighted by atomic mass is 9.95. The Balaban J connectivity index is 2.82. The van der Waals surface area contributed by atoms with Crippen molar-refractivity contribution in [3.05, 3.63) is 35.0 Å². The van der Waals surface area contributed by atoms with E-state index < -0.39 is 5.60 Å². The van der Waals surface area contributed by atoms with Gasteiger partial charge in [0.2, 0.25) is 0 Å². The number of aromatic amines is 1. The summed E-state index contributed by atoms with van der Waals surface area (Å²) in [6.07, 6.45) is 1.74. The minimum absolute atomic E-state index is 0.651. The Hall–Kier alpha value is -0.990. The van der Waals surface area contributed by atoms with E-state index in [0.29, 0.717) is 5.02 Å². The normalized spacial score (nSPS) is 12.3. The number of rotatable bonds is 1. The van der Waals surface area contributed by atoms with Crippen LogP contribution in [-0.2, 0) is 5.60 Å². The van der Waals surface area contributed by atoms with Gasteiger partial charge in [-0.25, -0.2) is 0 Å². The van der Waals surface area contributed by atoms with Crippen molar-refractivity contribution in [2.45, 2.75) is 19.4 Å². The summed E-state index contributed by atoms with van der Waals surface area (Å²) in [5.41, 5.74) is 0.932. The number of nitrogens with one attached hydrogen (secondary N) is 1. The highest BCUT2D eigenvalue weighted by Gasteiger charge is 2.20. The number of halogens is 1. The molecule has 3 heteroatoms. The van der Waals surface area contributed by atoms with E-state index in [2.05, 4.69) is 4.98 Å². The lowest BCUT2D eigenvalue weighted by Crippen LogP contribution is -2.15. The van der Waals surface area contributed by atoms with E-state index in [1.165, 1.54) is 0 Å². The van der Waals surface area contributed by atoms with Gasteiger partial charge >= 0.3 is 0 Å².